The van der Waals surface area contributed by atoms with Crippen LogP contribution in [0.25, 0.3) is 0 Å². The number of nitrogens with zero attached hydrogens (tertiary/aromatic N) is 1. The molecule has 1 saturated heterocycles. The first-order valence-corrected chi connectivity index (χ1v) is 6.30. The minimum atomic E-state index is 0.483. The smallest absolute Gasteiger partial charge is 0.0450 e. The molecule has 0 aliphatic carbocycles. The molecule has 0 radical (unpaired) electrons. The number of nitrogens with one attached hydrogen (secondary N) is 1. The number of benzene rings is 1. The van der Waals surface area contributed by atoms with Crippen LogP contribution in [0.4, 0.5) is 0 Å². The highest BCUT2D eigenvalue weighted by Crippen LogP contribution is 2.20. The summed E-state index contributed by atoms with van der Waals surface area (Å²) < 4.78 is 1.16. The van der Waals surface area contributed by atoms with E-state index in [4.69, 9.17) is 0 Å². The maximum atomic E-state index is 3.56. The van der Waals surface area contributed by atoms with Gasteiger partial charge >= 0.3 is 0 Å². The van der Waals surface area contributed by atoms with Crippen molar-refractivity contribution in [2.75, 3.05) is 26.2 Å². The fourth-order valence-electron chi connectivity index (χ4n) is 2.04. The lowest BCUT2D eigenvalue weighted by Crippen LogP contribution is -2.45. The van der Waals surface area contributed by atoms with Crippen molar-refractivity contribution in [2.24, 2.45) is 0 Å². The van der Waals surface area contributed by atoms with Gasteiger partial charge < -0.3 is 10.2 Å². The summed E-state index contributed by atoms with van der Waals surface area (Å²) in [7, 11) is 0. The Hall–Kier alpha value is -0.380. The van der Waals surface area contributed by atoms with Gasteiger partial charge in [-0.3, -0.25) is 0 Å². The van der Waals surface area contributed by atoms with Crippen LogP contribution in [-0.4, -0.2) is 31.1 Å². The fourth-order valence-corrected chi connectivity index (χ4v) is 2.46. The van der Waals surface area contributed by atoms with Crippen molar-refractivity contribution in [3.8, 4) is 0 Å². The summed E-state index contributed by atoms with van der Waals surface area (Å²) in [5.41, 5.74) is 1.38. The average molecular weight is 269 g/mol. The fraction of sp³-hybridized carbons (Fsp3) is 0.500. The number of piperazine rings is 1. The molecule has 1 heterocycles. The van der Waals surface area contributed by atoms with Gasteiger partial charge in [-0.1, -0.05) is 35.0 Å². The monoisotopic (exact) mass is 268 g/mol. The van der Waals surface area contributed by atoms with Crippen LogP contribution in [0.5, 0.6) is 0 Å². The summed E-state index contributed by atoms with van der Waals surface area (Å²) >= 11 is 3.52. The van der Waals surface area contributed by atoms with Crippen LogP contribution in [0.3, 0.4) is 0 Å². The Morgan fingerprint density at radius 3 is 3.13 bits per heavy atom. The Bertz CT molecular complexity index is 327. The van der Waals surface area contributed by atoms with Crippen LogP contribution in [0, 0.1) is 0 Å². The summed E-state index contributed by atoms with van der Waals surface area (Å²) in [5, 5.41) is 3.56. The van der Waals surface area contributed by atoms with Crippen LogP contribution in [0.2, 0.25) is 0 Å². The number of hydrogen-bond donors (Lipinski definition) is 1. The number of hydrogen-bond acceptors (Lipinski definition) is 2. The normalized spacial score (nSPS) is 22.9. The number of rotatable bonds is 2. The van der Waals surface area contributed by atoms with Crippen LogP contribution < -0.4 is 5.32 Å². The third kappa shape index (κ3) is 2.80. The van der Waals surface area contributed by atoms with E-state index in [9.17, 15) is 0 Å². The lowest BCUT2D eigenvalue weighted by Gasteiger charge is -2.33. The van der Waals surface area contributed by atoms with Crippen molar-refractivity contribution >= 4 is 15.9 Å². The zero-order valence-electron chi connectivity index (χ0n) is 9.04. The van der Waals surface area contributed by atoms with Gasteiger partial charge in [0, 0.05) is 30.1 Å². The Morgan fingerprint density at radius 1 is 1.53 bits per heavy atom. The van der Waals surface area contributed by atoms with Gasteiger partial charge in [0.25, 0.3) is 0 Å². The molecule has 0 unspecified atom stereocenters. The van der Waals surface area contributed by atoms with E-state index in [1.165, 1.54) is 12.1 Å². The molecule has 2 nitrogen and oxygen atoms in total. The van der Waals surface area contributed by atoms with E-state index in [2.05, 4.69) is 57.3 Å². The second kappa shape index (κ2) is 5.10. The van der Waals surface area contributed by atoms with Gasteiger partial charge in [0.05, 0.1) is 0 Å². The Kier molecular flexibility index (Phi) is 3.78. The van der Waals surface area contributed by atoms with Crippen molar-refractivity contribution < 1.29 is 0 Å². The Labute approximate surface area is 99.8 Å². The van der Waals surface area contributed by atoms with E-state index >= 15 is 0 Å². The summed E-state index contributed by atoms with van der Waals surface area (Å²) in [4.78, 5) is 2.49. The highest BCUT2D eigenvalue weighted by atomic mass is 79.9. The van der Waals surface area contributed by atoms with Crippen LogP contribution in [-0.2, 0) is 0 Å². The largest absolute Gasteiger partial charge is 0.308 e. The number of likely N-dealkylation sites (N-methyl/N-ethyl adjacent to an activating group) is 1. The molecule has 0 spiro atoms. The first-order valence-electron chi connectivity index (χ1n) is 5.51. The first kappa shape index (κ1) is 11.1. The molecule has 1 fully saturated rings. The zero-order valence-corrected chi connectivity index (χ0v) is 10.6. The van der Waals surface area contributed by atoms with Crippen LogP contribution >= 0.6 is 15.9 Å². The van der Waals surface area contributed by atoms with Crippen molar-refractivity contribution in [3.63, 3.8) is 0 Å². The minimum Gasteiger partial charge on any atom is -0.308 e. The van der Waals surface area contributed by atoms with Gasteiger partial charge in [0.15, 0.2) is 0 Å². The number of halogens is 1. The van der Waals surface area contributed by atoms with Gasteiger partial charge in [0.1, 0.15) is 0 Å². The van der Waals surface area contributed by atoms with E-state index in [0.717, 1.165) is 24.1 Å². The van der Waals surface area contributed by atoms with E-state index in [1.807, 2.05) is 0 Å². The molecule has 3 heteroatoms. The molecule has 0 aromatic heterocycles. The average Bonchev–Trinajstić information content (AvgIpc) is 2.29. The van der Waals surface area contributed by atoms with Crippen molar-refractivity contribution in [2.45, 2.75) is 13.0 Å². The molecular weight excluding hydrogens is 252 g/mol. The SMILES string of the molecule is CCN1CCN[C@H](c2cccc(Br)c2)C1. The summed E-state index contributed by atoms with van der Waals surface area (Å²) in [6.45, 7) is 6.74. The predicted octanol–water partition coefficient (Wildman–Crippen LogP) is 2.42. The van der Waals surface area contributed by atoms with Crippen LogP contribution in [0.15, 0.2) is 28.7 Å². The molecule has 0 saturated carbocycles. The highest BCUT2D eigenvalue weighted by Gasteiger charge is 2.19. The molecule has 1 atom stereocenters. The van der Waals surface area contributed by atoms with E-state index in [0.29, 0.717) is 6.04 Å². The molecule has 1 aromatic rings. The van der Waals surface area contributed by atoms with Gasteiger partial charge in [-0.25, -0.2) is 0 Å². The maximum absolute atomic E-state index is 3.56. The van der Waals surface area contributed by atoms with Crippen molar-refractivity contribution in [1.29, 1.82) is 0 Å². The van der Waals surface area contributed by atoms with Gasteiger partial charge in [0.2, 0.25) is 0 Å². The molecule has 1 N–H and O–H groups in total. The second-order valence-corrected chi connectivity index (χ2v) is 4.87. The molecule has 0 bridgehead atoms. The molecule has 15 heavy (non-hydrogen) atoms. The second-order valence-electron chi connectivity index (χ2n) is 3.95. The zero-order chi connectivity index (χ0) is 10.7. The lowest BCUT2D eigenvalue weighted by atomic mass is 10.0. The van der Waals surface area contributed by atoms with E-state index < -0.39 is 0 Å². The van der Waals surface area contributed by atoms with Crippen LogP contribution in [0.1, 0.15) is 18.5 Å². The van der Waals surface area contributed by atoms with Gasteiger partial charge in [-0.05, 0) is 24.2 Å². The quantitative estimate of drug-likeness (QED) is 0.887. The summed E-state index contributed by atoms with van der Waals surface area (Å²) in [6, 6.07) is 9.06. The molecule has 1 aliphatic rings. The summed E-state index contributed by atoms with van der Waals surface area (Å²) in [6.07, 6.45) is 0. The standard InChI is InChI=1S/C12H17BrN2/c1-2-15-7-6-14-12(9-15)10-4-3-5-11(13)8-10/h3-5,8,12,14H,2,6-7,9H2,1H3/t12-/m0/s1. The molecule has 2 rings (SSSR count). The lowest BCUT2D eigenvalue weighted by molar-refractivity contribution is 0.210. The van der Waals surface area contributed by atoms with E-state index in [-0.39, 0.29) is 0 Å². The maximum Gasteiger partial charge on any atom is 0.0450 e. The first-order chi connectivity index (χ1) is 7.29. The molecular formula is C12H17BrN2. The predicted molar refractivity (Wildman–Crippen MR) is 67.0 cm³/mol. The van der Waals surface area contributed by atoms with Gasteiger partial charge in [-0.15, -0.1) is 0 Å². The van der Waals surface area contributed by atoms with E-state index in [1.54, 1.807) is 0 Å². The Morgan fingerprint density at radius 2 is 2.40 bits per heavy atom. The van der Waals surface area contributed by atoms with Crippen molar-refractivity contribution in [1.82, 2.24) is 10.2 Å². The van der Waals surface area contributed by atoms with Gasteiger partial charge in [-0.2, -0.15) is 0 Å². The molecule has 82 valence electrons. The molecule has 0 amide bonds. The third-order valence-corrected chi connectivity index (χ3v) is 3.45. The minimum absolute atomic E-state index is 0.483. The molecule has 1 aliphatic heterocycles. The topological polar surface area (TPSA) is 15.3 Å². The Balaban J connectivity index is 2.09. The highest BCUT2D eigenvalue weighted by molar-refractivity contribution is 9.10. The third-order valence-electron chi connectivity index (χ3n) is 2.96. The van der Waals surface area contributed by atoms with Crippen molar-refractivity contribution in [3.05, 3.63) is 34.3 Å². The summed E-state index contributed by atoms with van der Waals surface area (Å²) in [5.74, 6) is 0. The molecule has 1 aromatic carbocycles.